The Balaban J connectivity index is 2.06. The number of nitriles is 1. The molecule has 2 rings (SSSR count). The van der Waals surface area contributed by atoms with Crippen molar-refractivity contribution in [2.45, 2.75) is 32.9 Å². The molecule has 3 nitrogen and oxygen atoms in total. The second kappa shape index (κ2) is 5.99. The summed E-state index contributed by atoms with van der Waals surface area (Å²) >= 11 is 0. The van der Waals surface area contributed by atoms with Crippen molar-refractivity contribution in [3.05, 3.63) is 34.9 Å². The predicted molar refractivity (Wildman–Crippen MR) is 71.2 cm³/mol. The van der Waals surface area contributed by atoms with Crippen LogP contribution in [0, 0.1) is 18.3 Å². The van der Waals surface area contributed by atoms with Crippen molar-refractivity contribution in [3.8, 4) is 6.07 Å². The highest BCUT2D eigenvalue weighted by Gasteiger charge is 2.15. The summed E-state index contributed by atoms with van der Waals surface area (Å²) in [5.74, 6) is 0. The fourth-order valence-electron chi connectivity index (χ4n) is 2.41. The molecule has 1 heterocycles. The highest BCUT2D eigenvalue weighted by Crippen LogP contribution is 2.15. The molecule has 18 heavy (non-hydrogen) atoms. The fraction of sp³-hybridized carbons (Fsp3) is 0.533. The van der Waals surface area contributed by atoms with Crippen molar-refractivity contribution >= 4 is 0 Å². The molecule has 0 bridgehead atoms. The molecule has 1 unspecified atom stereocenters. The predicted octanol–water partition coefficient (Wildman–Crippen LogP) is 2.48. The highest BCUT2D eigenvalue weighted by atomic mass is 16.5. The van der Waals surface area contributed by atoms with E-state index in [2.05, 4.69) is 30.9 Å². The van der Waals surface area contributed by atoms with Crippen LogP contribution >= 0.6 is 0 Å². The van der Waals surface area contributed by atoms with Gasteiger partial charge in [-0.1, -0.05) is 6.07 Å². The summed E-state index contributed by atoms with van der Waals surface area (Å²) in [5, 5.41) is 8.87. The molecule has 1 saturated heterocycles. The van der Waals surface area contributed by atoms with Crippen LogP contribution in [-0.4, -0.2) is 30.7 Å². The lowest BCUT2D eigenvalue weighted by Crippen LogP contribution is -2.30. The number of hydrogen-bond donors (Lipinski definition) is 0. The van der Waals surface area contributed by atoms with Crippen molar-refractivity contribution in [2.75, 3.05) is 19.7 Å². The van der Waals surface area contributed by atoms with Crippen molar-refractivity contribution in [2.24, 2.45) is 0 Å². The van der Waals surface area contributed by atoms with E-state index in [1.807, 2.05) is 12.1 Å². The van der Waals surface area contributed by atoms with Gasteiger partial charge in [-0.25, -0.2) is 0 Å². The van der Waals surface area contributed by atoms with E-state index in [9.17, 15) is 0 Å². The van der Waals surface area contributed by atoms with Gasteiger partial charge in [0.05, 0.1) is 17.7 Å². The van der Waals surface area contributed by atoms with E-state index in [1.54, 1.807) is 0 Å². The minimum Gasteiger partial charge on any atom is -0.377 e. The maximum absolute atomic E-state index is 8.87. The number of aryl methyl sites for hydroxylation is 1. The zero-order valence-electron chi connectivity index (χ0n) is 11.1. The van der Waals surface area contributed by atoms with Crippen molar-refractivity contribution < 1.29 is 4.74 Å². The SMILES string of the molecule is Cc1cc(C#N)ccc1CN1CCCOC(C)C1. The minimum atomic E-state index is 0.311. The van der Waals surface area contributed by atoms with Crippen LogP contribution in [0.15, 0.2) is 18.2 Å². The molecule has 0 spiro atoms. The lowest BCUT2D eigenvalue weighted by Gasteiger charge is -2.22. The standard InChI is InChI=1S/C15H20N2O/c1-12-8-14(9-16)4-5-15(12)11-17-6-3-7-18-13(2)10-17/h4-5,8,13H,3,6-7,10-11H2,1-2H3. The van der Waals surface area contributed by atoms with Crippen LogP contribution in [0.4, 0.5) is 0 Å². The third kappa shape index (κ3) is 3.32. The molecule has 0 radical (unpaired) electrons. The molecule has 0 N–H and O–H groups in total. The van der Waals surface area contributed by atoms with Crippen molar-refractivity contribution in [1.29, 1.82) is 5.26 Å². The first-order chi connectivity index (χ1) is 8.69. The molecule has 0 aromatic heterocycles. The van der Waals surface area contributed by atoms with Crippen LogP contribution in [-0.2, 0) is 11.3 Å². The summed E-state index contributed by atoms with van der Waals surface area (Å²) in [5.41, 5.74) is 3.25. The summed E-state index contributed by atoms with van der Waals surface area (Å²) < 4.78 is 5.65. The molecule has 1 atom stereocenters. The van der Waals surface area contributed by atoms with Gasteiger partial charge in [-0.2, -0.15) is 5.26 Å². The van der Waals surface area contributed by atoms with Gasteiger partial charge >= 0.3 is 0 Å². The van der Waals surface area contributed by atoms with E-state index in [0.29, 0.717) is 6.10 Å². The lowest BCUT2D eigenvalue weighted by atomic mass is 10.0. The van der Waals surface area contributed by atoms with Gasteiger partial charge < -0.3 is 4.74 Å². The van der Waals surface area contributed by atoms with Gasteiger partial charge in [0.25, 0.3) is 0 Å². The Kier molecular flexibility index (Phi) is 4.35. The summed E-state index contributed by atoms with van der Waals surface area (Å²) in [7, 11) is 0. The minimum absolute atomic E-state index is 0.311. The van der Waals surface area contributed by atoms with Gasteiger partial charge in [0.2, 0.25) is 0 Å². The topological polar surface area (TPSA) is 36.3 Å². The summed E-state index contributed by atoms with van der Waals surface area (Å²) in [4.78, 5) is 2.44. The third-order valence-corrected chi connectivity index (χ3v) is 3.40. The zero-order chi connectivity index (χ0) is 13.0. The Morgan fingerprint density at radius 3 is 3.06 bits per heavy atom. The van der Waals surface area contributed by atoms with Crippen LogP contribution in [0.3, 0.4) is 0 Å². The number of benzene rings is 1. The molecule has 1 fully saturated rings. The Hall–Kier alpha value is -1.37. The molecule has 96 valence electrons. The van der Waals surface area contributed by atoms with Gasteiger partial charge in [-0.3, -0.25) is 4.90 Å². The van der Waals surface area contributed by atoms with Crippen molar-refractivity contribution in [1.82, 2.24) is 4.90 Å². The molecule has 0 amide bonds. The van der Waals surface area contributed by atoms with E-state index in [-0.39, 0.29) is 0 Å². The Bertz CT molecular complexity index is 450. The van der Waals surface area contributed by atoms with Crippen LogP contribution in [0.25, 0.3) is 0 Å². The maximum atomic E-state index is 8.87. The van der Waals surface area contributed by atoms with E-state index >= 15 is 0 Å². The van der Waals surface area contributed by atoms with E-state index in [0.717, 1.165) is 38.2 Å². The van der Waals surface area contributed by atoms with Crippen LogP contribution in [0.5, 0.6) is 0 Å². The number of ether oxygens (including phenoxy) is 1. The van der Waals surface area contributed by atoms with Crippen molar-refractivity contribution in [3.63, 3.8) is 0 Å². The molecular weight excluding hydrogens is 224 g/mol. The van der Waals surface area contributed by atoms with E-state index < -0.39 is 0 Å². The van der Waals surface area contributed by atoms with Crippen LogP contribution in [0.1, 0.15) is 30.0 Å². The first kappa shape index (κ1) is 13.1. The lowest BCUT2D eigenvalue weighted by molar-refractivity contribution is 0.0668. The zero-order valence-corrected chi connectivity index (χ0v) is 11.1. The first-order valence-corrected chi connectivity index (χ1v) is 6.52. The molecule has 0 aliphatic carbocycles. The van der Waals surface area contributed by atoms with Gasteiger partial charge in [-0.15, -0.1) is 0 Å². The van der Waals surface area contributed by atoms with Crippen LogP contribution in [0.2, 0.25) is 0 Å². The molecule has 0 saturated carbocycles. The second-order valence-electron chi connectivity index (χ2n) is 5.02. The average molecular weight is 244 g/mol. The fourth-order valence-corrected chi connectivity index (χ4v) is 2.41. The molecule has 1 aliphatic heterocycles. The van der Waals surface area contributed by atoms with E-state index in [1.165, 1.54) is 11.1 Å². The Morgan fingerprint density at radius 2 is 2.33 bits per heavy atom. The van der Waals surface area contributed by atoms with Gasteiger partial charge in [0.1, 0.15) is 0 Å². The largest absolute Gasteiger partial charge is 0.377 e. The highest BCUT2D eigenvalue weighted by molar-refractivity contribution is 5.37. The van der Waals surface area contributed by atoms with Crippen LogP contribution < -0.4 is 0 Å². The molecule has 3 heteroatoms. The smallest absolute Gasteiger partial charge is 0.0991 e. The average Bonchev–Trinajstić information content (AvgIpc) is 2.56. The number of nitrogens with zero attached hydrogens (tertiary/aromatic N) is 2. The third-order valence-electron chi connectivity index (χ3n) is 3.40. The van der Waals surface area contributed by atoms with Gasteiger partial charge in [0, 0.05) is 26.2 Å². The van der Waals surface area contributed by atoms with E-state index in [4.69, 9.17) is 10.00 Å². The number of hydrogen-bond acceptors (Lipinski definition) is 3. The molecule has 1 aliphatic rings. The Morgan fingerprint density at radius 1 is 1.50 bits per heavy atom. The maximum Gasteiger partial charge on any atom is 0.0991 e. The summed E-state index contributed by atoms with van der Waals surface area (Å²) in [6.07, 6.45) is 1.41. The molecular formula is C15H20N2O. The number of rotatable bonds is 2. The normalized spacial score (nSPS) is 21.3. The second-order valence-corrected chi connectivity index (χ2v) is 5.02. The van der Waals surface area contributed by atoms with Gasteiger partial charge in [0.15, 0.2) is 0 Å². The first-order valence-electron chi connectivity index (χ1n) is 6.52. The molecule has 1 aromatic carbocycles. The monoisotopic (exact) mass is 244 g/mol. The molecule has 1 aromatic rings. The van der Waals surface area contributed by atoms with Gasteiger partial charge in [-0.05, 0) is 43.5 Å². The summed E-state index contributed by atoms with van der Waals surface area (Å²) in [6.45, 7) is 8.09. The Labute approximate surface area is 109 Å². The summed E-state index contributed by atoms with van der Waals surface area (Å²) in [6, 6.07) is 8.12. The quantitative estimate of drug-likeness (QED) is 0.802.